The topological polar surface area (TPSA) is 58.6 Å². The molecule has 0 bridgehead atoms. The van der Waals surface area contributed by atoms with Gasteiger partial charge in [-0.3, -0.25) is 0 Å². The number of methoxy groups -OCH3 is 1. The van der Waals surface area contributed by atoms with Gasteiger partial charge >= 0.3 is 0 Å². The molecule has 1 fully saturated rings. The van der Waals surface area contributed by atoms with Crippen LogP contribution in [0, 0.1) is 0 Å². The monoisotopic (exact) mass is 400 g/mol. The number of hydrogen-bond donors (Lipinski definition) is 1. The molecule has 8 heteroatoms. The number of nitrogens with one attached hydrogen (secondary N) is 1. The number of hydrogen-bond acceptors (Lipinski definition) is 5. The van der Waals surface area contributed by atoms with Crippen LogP contribution in [-0.4, -0.2) is 41.7 Å². The van der Waals surface area contributed by atoms with Crippen LogP contribution in [0.3, 0.4) is 0 Å². The zero-order valence-electron chi connectivity index (χ0n) is 13.6. The van der Waals surface area contributed by atoms with Crippen LogP contribution in [0.1, 0.15) is 0 Å². The van der Waals surface area contributed by atoms with E-state index in [-0.39, 0.29) is 14.8 Å². The lowest BCUT2D eigenvalue weighted by atomic mass is 10.2. The Morgan fingerprint density at radius 1 is 1.00 bits per heavy atom. The van der Waals surface area contributed by atoms with Crippen LogP contribution < -0.4 is 15.0 Å². The minimum absolute atomic E-state index is 0.110. The van der Waals surface area contributed by atoms with Crippen molar-refractivity contribution in [3.63, 3.8) is 0 Å². The molecule has 1 aliphatic heterocycles. The van der Waals surface area contributed by atoms with E-state index in [9.17, 15) is 8.42 Å². The second-order valence-corrected chi connectivity index (χ2v) is 8.41. The highest BCUT2D eigenvalue weighted by atomic mass is 35.5. The van der Waals surface area contributed by atoms with Gasteiger partial charge in [-0.25, -0.2) is 8.42 Å². The molecule has 1 aliphatic rings. The largest absolute Gasteiger partial charge is 0.495 e. The summed E-state index contributed by atoms with van der Waals surface area (Å²) in [6.07, 6.45) is 0. The highest BCUT2D eigenvalue weighted by Crippen LogP contribution is 2.34. The first-order valence-electron chi connectivity index (χ1n) is 7.77. The SMILES string of the molecule is COc1ccc(S(=O)(=O)c2ccc(Cl)c(Cl)c2)cc1N1CCNCC1. The molecule has 0 atom stereocenters. The van der Waals surface area contributed by atoms with Crippen molar-refractivity contribution in [1.82, 2.24) is 5.32 Å². The molecule has 5 nitrogen and oxygen atoms in total. The van der Waals surface area contributed by atoms with E-state index in [0.717, 1.165) is 31.9 Å². The fourth-order valence-electron chi connectivity index (χ4n) is 2.77. The molecular formula is C17H18Cl2N2O3S. The van der Waals surface area contributed by atoms with E-state index in [0.29, 0.717) is 10.8 Å². The Balaban J connectivity index is 2.05. The molecule has 0 radical (unpaired) electrons. The van der Waals surface area contributed by atoms with Gasteiger partial charge in [0, 0.05) is 26.2 Å². The maximum atomic E-state index is 13.0. The number of halogens is 2. The Morgan fingerprint density at radius 3 is 2.28 bits per heavy atom. The number of rotatable bonds is 4. The molecule has 0 amide bonds. The van der Waals surface area contributed by atoms with Crippen molar-refractivity contribution in [1.29, 1.82) is 0 Å². The predicted molar refractivity (Wildman–Crippen MR) is 100.0 cm³/mol. The summed E-state index contributed by atoms with van der Waals surface area (Å²) in [5.74, 6) is 0.648. The Kier molecular flexibility index (Phi) is 5.43. The third kappa shape index (κ3) is 3.72. The van der Waals surface area contributed by atoms with E-state index in [2.05, 4.69) is 10.2 Å². The Hall–Kier alpha value is -1.47. The van der Waals surface area contributed by atoms with Gasteiger partial charge in [0.15, 0.2) is 0 Å². The predicted octanol–water partition coefficient (Wildman–Crippen LogP) is 3.24. The third-order valence-electron chi connectivity index (χ3n) is 4.12. The molecule has 0 saturated carbocycles. The second-order valence-electron chi connectivity index (χ2n) is 5.65. The lowest BCUT2D eigenvalue weighted by molar-refractivity contribution is 0.412. The summed E-state index contributed by atoms with van der Waals surface area (Å²) < 4.78 is 31.3. The highest BCUT2D eigenvalue weighted by Gasteiger charge is 2.23. The molecule has 0 spiro atoms. The van der Waals surface area contributed by atoms with Crippen LogP contribution in [-0.2, 0) is 9.84 Å². The average molecular weight is 401 g/mol. The zero-order chi connectivity index (χ0) is 18.0. The van der Waals surface area contributed by atoms with Gasteiger partial charge < -0.3 is 15.0 Å². The van der Waals surface area contributed by atoms with E-state index < -0.39 is 9.84 Å². The first-order valence-corrected chi connectivity index (χ1v) is 10.0. The van der Waals surface area contributed by atoms with Crippen molar-refractivity contribution in [3.8, 4) is 5.75 Å². The van der Waals surface area contributed by atoms with Gasteiger partial charge in [-0.15, -0.1) is 0 Å². The normalized spacial score (nSPS) is 15.2. The first kappa shape index (κ1) is 18.3. The van der Waals surface area contributed by atoms with Gasteiger partial charge in [0.2, 0.25) is 9.84 Å². The summed E-state index contributed by atoms with van der Waals surface area (Å²) in [4.78, 5) is 2.42. The van der Waals surface area contributed by atoms with Gasteiger partial charge in [0.05, 0.1) is 32.6 Å². The quantitative estimate of drug-likeness (QED) is 0.853. The molecule has 134 valence electrons. The van der Waals surface area contributed by atoms with E-state index in [1.165, 1.54) is 18.2 Å². The zero-order valence-corrected chi connectivity index (χ0v) is 16.0. The molecule has 3 rings (SSSR count). The molecule has 1 N–H and O–H groups in total. The van der Waals surface area contributed by atoms with Crippen molar-refractivity contribution in [2.75, 3.05) is 38.2 Å². The van der Waals surface area contributed by atoms with Crippen molar-refractivity contribution in [3.05, 3.63) is 46.4 Å². The molecule has 0 aromatic heterocycles. The van der Waals surface area contributed by atoms with Crippen molar-refractivity contribution in [2.24, 2.45) is 0 Å². The smallest absolute Gasteiger partial charge is 0.206 e. The van der Waals surface area contributed by atoms with Gasteiger partial charge in [-0.1, -0.05) is 23.2 Å². The van der Waals surface area contributed by atoms with Crippen LogP contribution in [0.2, 0.25) is 10.0 Å². The Bertz CT molecular complexity index is 881. The average Bonchev–Trinajstić information content (AvgIpc) is 2.64. The third-order valence-corrected chi connectivity index (χ3v) is 6.61. The van der Waals surface area contributed by atoms with Crippen LogP contribution >= 0.6 is 23.2 Å². The number of piperazine rings is 1. The molecule has 0 unspecified atom stereocenters. The van der Waals surface area contributed by atoms with E-state index in [4.69, 9.17) is 27.9 Å². The Morgan fingerprint density at radius 2 is 1.64 bits per heavy atom. The molecule has 2 aromatic rings. The van der Waals surface area contributed by atoms with Gasteiger partial charge in [0.1, 0.15) is 5.75 Å². The minimum Gasteiger partial charge on any atom is -0.495 e. The molecule has 1 saturated heterocycles. The Labute approximate surface area is 157 Å². The van der Waals surface area contributed by atoms with Gasteiger partial charge in [0.25, 0.3) is 0 Å². The van der Waals surface area contributed by atoms with E-state index in [1.54, 1.807) is 25.3 Å². The van der Waals surface area contributed by atoms with Crippen LogP contribution in [0.25, 0.3) is 0 Å². The van der Waals surface area contributed by atoms with Gasteiger partial charge in [-0.05, 0) is 36.4 Å². The van der Waals surface area contributed by atoms with E-state index in [1.807, 2.05) is 0 Å². The van der Waals surface area contributed by atoms with E-state index >= 15 is 0 Å². The molecular weight excluding hydrogens is 383 g/mol. The number of sulfone groups is 1. The summed E-state index contributed by atoms with van der Waals surface area (Å²) in [7, 11) is -2.13. The first-order chi connectivity index (χ1) is 11.9. The van der Waals surface area contributed by atoms with Crippen molar-refractivity contribution < 1.29 is 13.2 Å². The summed E-state index contributed by atoms with van der Waals surface area (Å²) >= 11 is 11.9. The molecule has 2 aromatic carbocycles. The van der Waals surface area contributed by atoms with Crippen LogP contribution in [0.4, 0.5) is 5.69 Å². The number of anilines is 1. The number of ether oxygens (including phenoxy) is 1. The lowest BCUT2D eigenvalue weighted by Gasteiger charge is -2.30. The number of benzene rings is 2. The summed E-state index contributed by atoms with van der Waals surface area (Å²) in [5.41, 5.74) is 0.769. The summed E-state index contributed by atoms with van der Waals surface area (Å²) in [5, 5.41) is 3.80. The minimum atomic E-state index is -3.71. The standard InChI is InChI=1S/C17H18Cl2N2O3S/c1-24-17-5-3-13(11-16(17)21-8-6-20-7-9-21)25(22,23)12-2-4-14(18)15(19)10-12/h2-5,10-11,20H,6-9H2,1H3. The second kappa shape index (κ2) is 7.41. The lowest BCUT2D eigenvalue weighted by Crippen LogP contribution is -2.43. The maximum Gasteiger partial charge on any atom is 0.206 e. The molecule has 25 heavy (non-hydrogen) atoms. The van der Waals surface area contributed by atoms with Gasteiger partial charge in [-0.2, -0.15) is 0 Å². The highest BCUT2D eigenvalue weighted by molar-refractivity contribution is 7.91. The fourth-order valence-corrected chi connectivity index (χ4v) is 4.44. The molecule has 0 aliphatic carbocycles. The fraction of sp³-hybridized carbons (Fsp3) is 0.294. The maximum absolute atomic E-state index is 13.0. The number of nitrogens with zero attached hydrogens (tertiary/aromatic N) is 1. The molecule has 1 heterocycles. The summed E-state index contributed by atoms with van der Waals surface area (Å²) in [6, 6.07) is 9.19. The van der Waals surface area contributed by atoms with Crippen LogP contribution in [0.15, 0.2) is 46.2 Å². The van der Waals surface area contributed by atoms with Crippen molar-refractivity contribution >= 4 is 38.7 Å². The van der Waals surface area contributed by atoms with Crippen LogP contribution in [0.5, 0.6) is 5.75 Å². The summed E-state index contributed by atoms with van der Waals surface area (Å²) in [6.45, 7) is 3.25. The van der Waals surface area contributed by atoms with Crippen molar-refractivity contribution in [2.45, 2.75) is 9.79 Å².